The minimum atomic E-state index is -4.50. The summed E-state index contributed by atoms with van der Waals surface area (Å²) in [6, 6.07) is 11.9. The number of pyridine rings is 2. The van der Waals surface area contributed by atoms with Gasteiger partial charge in [-0.25, -0.2) is 4.98 Å². The molecule has 0 saturated carbocycles. The zero-order valence-corrected chi connectivity index (χ0v) is 17.9. The Hall–Kier alpha value is -3.46. The van der Waals surface area contributed by atoms with Gasteiger partial charge in [0.15, 0.2) is 0 Å². The quantitative estimate of drug-likeness (QED) is 0.616. The van der Waals surface area contributed by atoms with Gasteiger partial charge < -0.3 is 10.2 Å². The second-order valence-corrected chi connectivity index (χ2v) is 7.91. The van der Waals surface area contributed by atoms with Crippen molar-refractivity contribution in [3.8, 4) is 0 Å². The van der Waals surface area contributed by atoms with Gasteiger partial charge in [0.25, 0.3) is 5.91 Å². The third-order valence-electron chi connectivity index (χ3n) is 5.53. The molecule has 1 aromatic carbocycles. The molecule has 1 amide bonds. The van der Waals surface area contributed by atoms with Gasteiger partial charge >= 0.3 is 6.18 Å². The van der Waals surface area contributed by atoms with E-state index in [1.54, 1.807) is 18.5 Å². The average Bonchev–Trinajstić information content (AvgIpc) is 3.05. The molecule has 0 spiro atoms. The lowest BCUT2D eigenvalue weighted by Crippen LogP contribution is -2.31. The van der Waals surface area contributed by atoms with Crippen molar-refractivity contribution in [2.75, 3.05) is 36.4 Å². The molecule has 33 heavy (non-hydrogen) atoms. The lowest BCUT2D eigenvalue weighted by Gasteiger charge is -2.23. The third-order valence-corrected chi connectivity index (χ3v) is 5.53. The van der Waals surface area contributed by atoms with Crippen LogP contribution in [-0.2, 0) is 12.7 Å². The predicted octanol–water partition coefficient (Wildman–Crippen LogP) is 4.46. The molecule has 1 aliphatic heterocycles. The third kappa shape index (κ3) is 6.07. The number of hydrogen-bond donors (Lipinski definition) is 1. The van der Waals surface area contributed by atoms with Gasteiger partial charge in [-0.05, 0) is 54.4 Å². The van der Waals surface area contributed by atoms with E-state index < -0.39 is 17.6 Å². The van der Waals surface area contributed by atoms with Gasteiger partial charge in [0.2, 0.25) is 0 Å². The molecule has 9 heteroatoms. The molecule has 3 aromatic rings. The van der Waals surface area contributed by atoms with Gasteiger partial charge in [-0.1, -0.05) is 6.07 Å². The van der Waals surface area contributed by atoms with Gasteiger partial charge in [-0.2, -0.15) is 13.2 Å². The van der Waals surface area contributed by atoms with Crippen molar-refractivity contribution >= 4 is 17.4 Å². The van der Waals surface area contributed by atoms with Crippen LogP contribution in [0.4, 0.5) is 24.7 Å². The second kappa shape index (κ2) is 9.99. The van der Waals surface area contributed by atoms with Crippen molar-refractivity contribution in [3.05, 3.63) is 83.8 Å². The zero-order valence-electron chi connectivity index (χ0n) is 17.9. The second-order valence-electron chi connectivity index (χ2n) is 7.91. The standard InChI is InChI=1S/C24H24F3N5O/c25-24(26,27)20-4-1-3-19(15-20)23(33)30-21-5-6-22(29-16-21)32-12-2-11-31(13-14-32)17-18-7-9-28-10-8-18/h1,3-10,15-16H,2,11-14,17H2,(H,30,33). The van der Waals surface area contributed by atoms with Crippen molar-refractivity contribution < 1.29 is 18.0 Å². The van der Waals surface area contributed by atoms with Crippen LogP contribution in [0.15, 0.2) is 67.1 Å². The molecule has 1 saturated heterocycles. The van der Waals surface area contributed by atoms with Crippen LogP contribution in [0.1, 0.15) is 27.9 Å². The van der Waals surface area contributed by atoms with Crippen LogP contribution in [0, 0.1) is 0 Å². The molecular formula is C24H24F3N5O. The maximum Gasteiger partial charge on any atom is 0.416 e. The Bertz CT molecular complexity index is 1070. The Kier molecular flexibility index (Phi) is 6.88. The summed E-state index contributed by atoms with van der Waals surface area (Å²) in [5, 5.41) is 2.61. The maximum absolute atomic E-state index is 12.9. The average molecular weight is 455 g/mol. The van der Waals surface area contributed by atoms with Crippen LogP contribution in [0.5, 0.6) is 0 Å². The molecule has 0 aliphatic carbocycles. The van der Waals surface area contributed by atoms with Crippen molar-refractivity contribution in [1.29, 1.82) is 0 Å². The summed E-state index contributed by atoms with van der Waals surface area (Å²) >= 11 is 0. The highest BCUT2D eigenvalue weighted by Gasteiger charge is 2.30. The van der Waals surface area contributed by atoms with E-state index >= 15 is 0 Å². The Morgan fingerprint density at radius 1 is 1.00 bits per heavy atom. The minimum Gasteiger partial charge on any atom is -0.355 e. The summed E-state index contributed by atoms with van der Waals surface area (Å²) in [6.45, 7) is 4.47. The molecule has 0 atom stereocenters. The van der Waals surface area contributed by atoms with Gasteiger partial charge in [-0.15, -0.1) is 0 Å². The van der Waals surface area contributed by atoms with Crippen molar-refractivity contribution in [2.24, 2.45) is 0 Å². The molecule has 0 unspecified atom stereocenters. The first-order valence-electron chi connectivity index (χ1n) is 10.7. The molecule has 1 N–H and O–H groups in total. The van der Waals surface area contributed by atoms with Crippen LogP contribution < -0.4 is 10.2 Å². The van der Waals surface area contributed by atoms with Gasteiger partial charge in [0.1, 0.15) is 5.82 Å². The summed E-state index contributed by atoms with van der Waals surface area (Å²) in [4.78, 5) is 25.5. The molecule has 0 bridgehead atoms. The summed E-state index contributed by atoms with van der Waals surface area (Å²) in [6.07, 6.45) is 1.63. The predicted molar refractivity (Wildman–Crippen MR) is 120 cm³/mol. The van der Waals surface area contributed by atoms with Crippen molar-refractivity contribution in [2.45, 2.75) is 19.1 Å². The Morgan fingerprint density at radius 3 is 2.55 bits per heavy atom. The summed E-state index contributed by atoms with van der Waals surface area (Å²) in [5.41, 5.74) is 0.742. The Morgan fingerprint density at radius 2 is 1.82 bits per heavy atom. The number of aromatic nitrogens is 2. The van der Waals surface area contributed by atoms with E-state index in [1.807, 2.05) is 18.2 Å². The van der Waals surface area contributed by atoms with Crippen molar-refractivity contribution in [1.82, 2.24) is 14.9 Å². The first kappa shape index (κ1) is 22.7. The lowest BCUT2D eigenvalue weighted by atomic mass is 10.1. The highest BCUT2D eigenvalue weighted by molar-refractivity contribution is 6.04. The Balaban J connectivity index is 1.35. The molecule has 1 aliphatic rings. The highest BCUT2D eigenvalue weighted by atomic mass is 19.4. The van der Waals surface area contributed by atoms with E-state index in [0.717, 1.165) is 57.1 Å². The van der Waals surface area contributed by atoms with Crippen LogP contribution in [0.25, 0.3) is 0 Å². The number of alkyl halides is 3. The number of amides is 1. The fraction of sp³-hybridized carbons (Fsp3) is 0.292. The highest BCUT2D eigenvalue weighted by Crippen LogP contribution is 2.29. The van der Waals surface area contributed by atoms with Gasteiger partial charge in [0, 0.05) is 50.7 Å². The van der Waals surface area contributed by atoms with E-state index in [4.69, 9.17) is 0 Å². The smallest absolute Gasteiger partial charge is 0.355 e. The van der Waals surface area contributed by atoms with E-state index in [2.05, 4.69) is 25.1 Å². The largest absolute Gasteiger partial charge is 0.416 e. The minimum absolute atomic E-state index is 0.0595. The first-order chi connectivity index (χ1) is 15.9. The van der Waals surface area contributed by atoms with E-state index in [0.29, 0.717) is 5.69 Å². The van der Waals surface area contributed by atoms with Crippen LogP contribution >= 0.6 is 0 Å². The number of hydrogen-bond acceptors (Lipinski definition) is 5. The van der Waals surface area contributed by atoms with Gasteiger partial charge in [-0.3, -0.25) is 14.7 Å². The van der Waals surface area contributed by atoms with Crippen LogP contribution in [-0.4, -0.2) is 47.0 Å². The van der Waals surface area contributed by atoms with Gasteiger partial charge in [0.05, 0.1) is 17.4 Å². The number of anilines is 2. The zero-order chi connectivity index (χ0) is 23.3. The molecule has 4 rings (SSSR count). The number of nitrogens with one attached hydrogen (secondary N) is 1. The molecule has 0 radical (unpaired) electrons. The molecule has 6 nitrogen and oxygen atoms in total. The molecular weight excluding hydrogens is 431 g/mol. The summed E-state index contributed by atoms with van der Waals surface area (Å²) in [7, 11) is 0. The number of carbonyl (C=O) groups excluding carboxylic acids is 1. The monoisotopic (exact) mass is 455 g/mol. The first-order valence-corrected chi connectivity index (χ1v) is 10.7. The van der Waals surface area contributed by atoms with E-state index in [1.165, 1.54) is 23.9 Å². The maximum atomic E-state index is 12.9. The lowest BCUT2D eigenvalue weighted by molar-refractivity contribution is -0.137. The molecule has 2 aromatic heterocycles. The fourth-order valence-electron chi connectivity index (χ4n) is 3.79. The molecule has 172 valence electrons. The van der Waals surface area contributed by atoms with Crippen LogP contribution in [0.3, 0.4) is 0 Å². The topological polar surface area (TPSA) is 61.4 Å². The number of carbonyl (C=O) groups is 1. The Labute approximate surface area is 190 Å². The molecule has 3 heterocycles. The summed E-state index contributed by atoms with van der Waals surface area (Å²) < 4.78 is 38.7. The normalized spacial score (nSPS) is 15.2. The number of halogens is 3. The van der Waals surface area contributed by atoms with Crippen molar-refractivity contribution in [3.63, 3.8) is 0 Å². The SMILES string of the molecule is O=C(Nc1ccc(N2CCCN(Cc3ccncc3)CC2)nc1)c1cccc(C(F)(F)F)c1. The molecule has 1 fully saturated rings. The summed E-state index contributed by atoms with van der Waals surface area (Å²) in [5.74, 6) is 0.190. The van der Waals surface area contributed by atoms with Crippen LogP contribution in [0.2, 0.25) is 0 Å². The number of nitrogens with zero attached hydrogens (tertiary/aromatic N) is 4. The van der Waals surface area contributed by atoms with E-state index in [9.17, 15) is 18.0 Å². The fourth-order valence-corrected chi connectivity index (χ4v) is 3.79. The van der Waals surface area contributed by atoms with E-state index in [-0.39, 0.29) is 5.56 Å². The number of benzene rings is 1. The number of rotatable bonds is 5.